The van der Waals surface area contributed by atoms with Crippen LogP contribution in [0.2, 0.25) is 5.02 Å². The maximum atomic E-state index is 12.5. The molecule has 23 heavy (non-hydrogen) atoms. The highest BCUT2D eigenvalue weighted by Gasteiger charge is 2.40. The first-order chi connectivity index (χ1) is 11.0. The number of halogens is 1. The van der Waals surface area contributed by atoms with Crippen molar-refractivity contribution >= 4 is 35.1 Å². The molecule has 2 saturated heterocycles. The molecule has 0 spiro atoms. The molecule has 2 heterocycles. The molecule has 2 aliphatic heterocycles. The van der Waals surface area contributed by atoms with E-state index in [1.54, 1.807) is 34.1 Å². The van der Waals surface area contributed by atoms with Gasteiger partial charge in [0.2, 0.25) is 11.8 Å². The number of likely N-dealkylation sites (tertiary alicyclic amines) is 1. The molecule has 0 aliphatic carbocycles. The summed E-state index contributed by atoms with van der Waals surface area (Å²) in [6, 6.07) is 6.92. The number of carboxylic acid groups (broad SMARTS) is 1. The van der Waals surface area contributed by atoms with Crippen LogP contribution in [0.3, 0.4) is 0 Å². The molecule has 0 saturated carbocycles. The van der Waals surface area contributed by atoms with E-state index in [4.69, 9.17) is 16.7 Å². The number of carbonyl (C=O) groups excluding carboxylic acids is 2. The van der Waals surface area contributed by atoms with Crippen LogP contribution in [0.15, 0.2) is 24.3 Å². The van der Waals surface area contributed by atoms with Gasteiger partial charge in [-0.25, -0.2) is 0 Å². The number of anilines is 1. The van der Waals surface area contributed by atoms with Crippen molar-refractivity contribution in [1.29, 1.82) is 0 Å². The van der Waals surface area contributed by atoms with Gasteiger partial charge in [0.25, 0.3) is 0 Å². The molecule has 0 aromatic heterocycles. The zero-order valence-electron chi connectivity index (χ0n) is 12.4. The van der Waals surface area contributed by atoms with Crippen LogP contribution in [-0.4, -0.2) is 47.4 Å². The fraction of sp³-hybridized carbons (Fsp3) is 0.438. The Bertz CT molecular complexity index is 646. The van der Waals surface area contributed by atoms with Crippen molar-refractivity contribution in [1.82, 2.24) is 4.90 Å². The Labute approximate surface area is 138 Å². The summed E-state index contributed by atoms with van der Waals surface area (Å²) in [6.07, 6.45) is 0.637. The van der Waals surface area contributed by atoms with E-state index in [9.17, 15) is 14.4 Å². The summed E-state index contributed by atoms with van der Waals surface area (Å²) in [7, 11) is 0. The van der Waals surface area contributed by atoms with Crippen LogP contribution in [0.5, 0.6) is 0 Å². The molecule has 2 fully saturated rings. The Morgan fingerprint density at radius 3 is 2.43 bits per heavy atom. The van der Waals surface area contributed by atoms with Gasteiger partial charge in [-0.2, -0.15) is 0 Å². The van der Waals surface area contributed by atoms with E-state index < -0.39 is 17.8 Å². The smallest absolute Gasteiger partial charge is 0.308 e. The van der Waals surface area contributed by atoms with Crippen molar-refractivity contribution in [3.8, 4) is 0 Å². The Kier molecular flexibility index (Phi) is 4.26. The number of aliphatic carboxylic acids is 1. The number of amides is 2. The summed E-state index contributed by atoms with van der Waals surface area (Å²) >= 11 is 5.85. The molecule has 6 nitrogen and oxygen atoms in total. The van der Waals surface area contributed by atoms with E-state index in [1.165, 1.54) is 0 Å². The highest BCUT2D eigenvalue weighted by molar-refractivity contribution is 6.30. The quantitative estimate of drug-likeness (QED) is 0.910. The summed E-state index contributed by atoms with van der Waals surface area (Å²) in [5.41, 5.74) is 0.722. The van der Waals surface area contributed by atoms with Crippen molar-refractivity contribution in [3.63, 3.8) is 0 Å². The minimum absolute atomic E-state index is 0.0975. The number of hydrogen-bond donors (Lipinski definition) is 1. The SMILES string of the molecule is O=C(O)[C@H]1CCN(C(=O)[C@H]2CC(=O)N(c3ccc(Cl)cc3)C2)C1. The minimum Gasteiger partial charge on any atom is -0.481 e. The lowest BCUT2D eigenvalue weighted by Crippen LogP contribution is -2.36. The molecule has 1 aromatic carbocycles. The number of benzene rings is 1. The molecule has 0 bridgehead atoms. The second kappa shape index (κ2) is 6.20. The standard InChI is InChI=1S/C16H17ClN2O4/c17-12-1-3-13(4-2-12)19-9-11(7-14(19)20)15(21)18-6-5-10(8-18)16(22)23/h1-4,10-11H,5-9H2,(H,22,23)/t10-,11-/m0/s1. The minimum atomic E-state index is -0.870. The number of rotatable bonds is 3. The van der Waals surface area contributed by atoms with Gasteiger partial charge in [0, 0.05) is 36.8 Å². The molecule has 2 aliphatic rings. The van der Waals surface area contributed by atoms with Gasteiger partial charge < -0.3 is 14.9 Å². The normalized spacial score (nSPS) is 24.3. The van der Waals surface area contributed by atoms with Crippen LogP contribution in [0.25, 0.3) is 0 Å². The Morgan fingerprint density at radius 1 is 1.13 bits per heavy atom. The monoisotopic (exact) mass is 336 g/mol. The summed E-state index contributed by atoms with van der Waals surface area (Å²) in [5, 5.41) is 9.61. The molecular weight excluding hydrogens is 320 g/mol. The number of hydrogen-bond acceptors (Lipinski definition) is 3. The number of carbonyl (C=O) groups is 3. The highest BCUT2D eigenvalue weighted by Crippen LogP contribution is 2.29. The zero-order valence-corrected chi connectivity index (χ0v) is 13.2. The maximum Gasteiger partial charge on any atom is 0.308 e. The van der Waals surface area contributed by atoms with Gasteiger partial charge in [0.1, 0.15) is 0 Å². The molecule has 7 heteroatoms. The van der Waals surface area contributed by atoms with Gasteiger partial charge in [0.15, 0.2) is 0 Å². The molecule has 122 valence electrons. The van der Waals surface area contributed by atoms with Crippen molar-refractivity contribution < 1.29 is 19.5 Å². The van der Waals surface area contributed by atoms with Crippen LogP contribution in [0.4, 0.5) is 5.69 Å². The van der Waals surface area contributed by atoms with E-state index in [1.807, 2.05) is 0 Å². The van der Waals surface area contributed by atoms with Crippen LogP contribution >= 0.6 is 11.6 Å². The largest absolute Gasteiger partial charge is 0.481 e. The average molecular weight is 337 g/mol. The number of nitrogens with zero attached hydrogens (tertiary/aromatic N) is 2. The first-order valence-corrected chi connectivity index (χ1v) is 7.91. The van der Waals surface area contributed by atoms with Gasteiger partial charge in [0.05, 0.1) is 11.8 Å². The molecule has 3 rings (SSSR count). The Morgan fingerprint density at radius 2 is 1.83 bits per heavy atom. The van der Waals surface area contributed by atoms with E-state index >= 15 is 0 Å². The average Bonchev–Trinajstić information content (AvgIpc) is 3.14. The van der Waals surface area contributed by atoms with Crippen LogP contribution < -0.4 is 4.90 Å². The third kappa shape index (κ3) is 3.17. The van der Waals surface area contributed by atoms with Crippen LogP contribution in [-0.2, 0) is 14.4 Å². The van der Waals surface area contributed by atoms with E-state index in [-0.39, 0.29) is 24.8 Å². The van der Waals surface area contributed by atoms with Gasteiger partial charge in [-0.3, -0.25) is 14.4 Å². The van der Waals surface area contributed by atoms with Gasteiger partial charge in [-0.05, 0) is 30.7 Å². The first kappa shape index (κ1) is 15.8. The summed E-state index contributed by atoms with van der Waals surface area (Å²) < 4.78 is 0. The third-order valence-corrected chi connectivity index (χ3v) is 4.71. The van der Waals surface area contributed by atoms with Crippen molar-refractivity contribution in [2.24, 2.45) is 11.8 Å². The molecule has 1 N–H and O–H groups in total. The van der Waals surface area contributed by atoms with Gasteiger partial charge in [-0.15, -0.1) is 0 Å². The second-order valence-electron chi connectivity index (χ2n) is 5.99. The van der Waals surface area contributed by atoms with Crippen molar-refractivity contribution in [2.75, 3.05) is 24.5 Å². The summed E-state index contributed by atoms with van der Waals surface area (Å²) in [5.74, 6) is -2.00. The maximum absolute atomic E-state index is 12.5. The lowest BCUT2D eigenvalue weighted by atomic mass is 10.1. The fourth-order valence-electron chi connectivity index (χ4n) is 3.16. The second-order valence-corrected chi connectivity index (χ2v) is 6.43. The lowest BCUT2D eigenvalue weighted by Gasteiger charge is -2.21. The molecule has 0 radical (unpaired) electrons. The first-order valence-electron chi connectivity index (χ1n) is 7.53. The number of carboxylic acids is 1. The van der Waals surface area contributed by atoms with Gasteiger partial charge >= 0.3 is 5.97 Å². The predicted molar refractivity (Wildman–Crippen MR) is 84.2 cm³/mol. The predicted octanol–water partition coefficient (Wildman–Crippen LogP) is 1.63. The Hall–Kier alpha value is -2.08. The summed E-state index contributed by atoms with van der Waals surface area (Å²) in [6.45, 7) is 1.01. The molecule has 0 unspecified atom stereocenters. The van der Waals surface area contributed by atoms with Crippen LogP contribution in [0, 0.1) is 11.8 Å². The van der Waals surface area contributed by atoms with Gasteiger partial charge in [-0.1, -0.05) is 11.6 Å². The van der Waals surface area contributed by atoms with Crippen LogP contribution in [0.1, 0.15) is 12.8 Å². The highest BCUT2D eigenvalue weighted by atomic mass is 35.5. The third-order valence-electron chi connectivity index (χ3n) is 4.46. The topological polar surface area (TPSA) is 77.9 Å². The van der Waals surface area contributed by atoms with E-state index in [0.29, 0.717) is 24.5 Å². The molecule has 2 atom stereocenters. The molecular formula is C16H17ClN2O4. The van der Waals surface area contributed by atoms with Crippen molar-refractivity contribution in [2.45, 2.75) is 12.8 Å². The zero-order chi connectivity index (χ0) is 16.6. The summed E-state index contributed by atoms with van der Waals surface area (Å²) in [4.78, 5) is 38.9. The fourth-order valence-corrected chi connectivity index (χ4v) is 3.29. The Balaban J connectivity index is 1.66. The van der Waals surface area contributed by atoms with Crippen molar-refractivity contribution in [3.05, 3.63) is 29.3 Å². The lowest BCUT2D eigenvalue weighted by molar-refractivity contribution is -0.141. The molecule has 1 aromatic rings. The molecule has 2 amide bonds. The van der Waals surface area contributed by atoms with E-state index in [2.05, 4.69) is 0 Å². The van der Waals surface area contributed by atoms with E-state index in [0.717, 1.165) is 5.69 Å².